The third-order valence-corrected chi connectivity index (χ3v) is 3.49. The highest BCUT2D eigenvalue weighted by Gasteiger charge is 2.21. The molecule has 0 aromatic rings. The second kappa shape index (κ2) is 6.72. The number of ether oxygens (including phenoxy) is 1. The maximum absolute atomic E-state index is 6.19. The molecule has 0 amide bonds. The number of hydrogen-bond acceptors (Lipinski definition) is 3. The Morgan fingerprint density at radius 3 is 2.71 bits per heavy atom. The van der Waals surface area contributed by atoms with Gasteiger partial charge in [0, 0.05) is 19.7 Å². The number of piperidine rings is 1. The molecule has 0 bridgehead atoms. The van der Waals surface area contributed by atoms with E-state index >= 15 is 0 Å². The quantitative estimate of drug-likeness (QED) is 0.803. The number of nitrogens with two attached hydrogens (primary N) is 1. The van der Waals surface area contributed by atoms with Gasteiger partial charge in [-0.15, -0.1) is 0 Å². The van der Waals surface area contributed by atoms with E-state index in [-0.39, 0.29) is 0 Å². The maximum Gasteiger partial charge on any atom is 0.0698 e. The predicted molar refractivity (Wildman–Crippen MR) is 73.1 cm³/mol. The smallest absolute Gasteiger partial charge is 0.0698 e. The van der Waals surface area contributed by atoms with Gasteiger partial charge in [-0.1, -0.05) is 20.8 Å². The van der Waals surface area contributed by atoms with Gasteiger partial charge in [-0.05, 0) is 44.2 Å². The predicted octanol–water partition coefficient (Wildman–Crippen LogP) is 2.25. The summed E-state index contributed by atoms with van der Waals surface area (Å²) >= 11 is 0. The SMILES string of the molecule is COC1CCCN(CCC(N)CC(C)(C)C)C1. The molecule has 2 N–H and O–H groups in total. The fourth-order valence-electron chi connectivity index (χ4n) is 2.65. The number of hydrogen-bond donors (Lipinski definition) is 1. The van der Waals surface area contributed by atoms with Crippen LogP contribution in [0.5, 0.6) is 0 Å². The summed E-state index contributed by atoms with van der Waals surface area (Å²) in [6.07, 6.45) is 5.11. The van der Waals surface area contributed by atoms with Crippen LogP contribution < -0.4 is 5.73 Å². The molecule has 0 aromatic heterocycles. The molecule has 1 fully saturated rings. The molecule has 0 saturated carbocycles. The van der Waals surface area contributed by atoms with E-state index in [0.29, 0.717) is 17.6 Å². The van der Waals surface area contributed by atoms with Gasteiger partial charge < -0.3 is 15.4 Å². The van der Waals surface area contributed by atoms with E-state index < -0.39 is 0 Å². The molecule has 1 saturated heterocycles. The monoisotopic (exact) mass is 242 g/mol. The Kier molecular flexibility index (Phi) is 5.90. The van der Waals surface area contributed by atoms with Crippen LogP contribution in [0.25, 0.3) is 0 Å². The molecule has 0 aliphatic carbocycles. The zero-order valence-electron chi connectivity index (χ0n) is 12.0. The summed E-state index contributed by atoms with van der Waals surface area (Å²) in [7, 11) is 1.82. The number of methoxy groups -OCH3 is 1. The second-order valence-electron chi connectivity index (χ2n) is 6.61. The first kappa shape index (κ1) is 14.9. The van der Waals surface area contributed by atoms with Crippen molar-refractivity contribution in [1.29, 1.82) is 0 Å². The third-order valence-electron chi connectivity index (χ3n) is 3.49. The van der Waals surface area contributed by atoms with Crippen molar-refractivity contribution in [2.24, 2.45) is 11.1 Å². The number of rotatable bonds is 5. The summed E-state index contributed by atoms with van der Waals surface area (Å²) < 4.78 is 5.44. The van der Waals surface area contributed by atoms with Crippen LogP contribution in [0, 0.1) is 5.41 Å². The Balaban J connectivity index is 2.21. The minimum Gasteiger partial charge on any atom is -0.380 e. The summed E-state index contributed by atoms with van der Waals surface area (Å²) in [6.45, 7) is 10.2. The highest BCUT2D eigenvalue weighted by Crippen LogP contribution is 2.21. The zero-order chi connectivity index (χ0) is 12.9. The highest BCUT2D eigenvalue weighted by molar-refractivity contribution is 4.76. The molecule has 3 heteroatoms. The number of likely N-dealkylation sites (tertiary alicyclic amines) is 1. The minimum atomic E-state index is 0.331. The molecule has 3 nitrogen and oxygen atoms in total. The Bertz CT molecular complexity index is 213. The van der Waals surface area contributed by atoms with Gasteiger partial charge in [0.05, 0.1) is 6.10 Å². The summed E-state index contributed by atoms with van der Waals surface area (Å²) in [5, 5.41) is 0. The van der Waals surface area contributed by atoms with E-state index in [1.165, 1.54) is 19.4 Å². The largest absolute Gasteiger partial charge is 0.380 e. The van der Waals surface area contributed by atoms with E-state index in [2.05, 4.69) is 25.7 Å². The van der Waals surface area contributed by atoms with E-state index in [9.17, 15) is 0 Å². The van der Waals surface area contributed by atoms with Gasteiger partial charge in [0.2, 0.25) is 0 Å². The standard InChI is InChI=1S/C14H30N2O/c1-14(2,3)10-12(15)7-9-16-8-5-6-13(11-16)17-4/h12-13H,5-11,15H2,1-4H3. The Morgan fingerprint density at radius 1 is 1.41 bits per heavy atom. The van der Waals surface area contributed by atoms with Crippen LogP contribution in [0.15, 0.2) is 0 Å². The van der Waals surface area contributed by atoms with Crippen molar-refractivity contribution in [3.63, 3.8) is 0 Å². The molecular formula is C14H30N2O. The molecule has 1 aliphatic heterocycles. The van der Waals surface area contributed by atoms with Crippen LogP contribution >= 0.6 is 0 Å². The lowest BCUT2D eigenvalue weighted by molar-refractivity contribution is 0.0301. The first-order valence-electron chi connectivity index (χ1n) is 6.91. The summed E-state index contributed by atoms with van der Waals surface area (Å²) in [5.74, 6) is 0. The first-order valence-corrected chi connectivity index (χ1v) is 6.91. The molecule has 2 unspecified atom stereocenters. The summed E-state index contributed by atoms with van der Waals surface area (Å²) in [5.41, 5.74) is 6.53. The zero-order valence-corrected chi connectivity index (χ0v) is 12.0. The van der Waals surface area contributed by atoms with Crippen molar-refractivity contribution in [2.45, 2.75) is 58.6 Å². The van der Waals surface area contributed by atoms with Gasteiger partial charge >= 0.3 is 0 Å². The molecule has 0 radical (unpaired) electrons. The molecular weight excluding hydrogens is 212 g/mol. The minimum absolute atomic E-state index is 0.331. The van der Waals surface area contributed by atoms with Crippen molar-refractivity contribution in [3.05, 3.63) is 0 Å². The van der Waals surface area contributed by atoms with Gasteiger partial charge in [-0.3, -0.25) is 0 Å². The Hall–Kier alpha value is -0.120. The molecule has 1 heterocycles. The Labute approximate surface area is 107 Å². The summed E-state index contributed by atoms with van der Waals surface area (Å²) in [6, 6.07) is 0.331. The average molecular weight is 242 g/mol. The third kappa shape index (κ3) is 6.39. The highest BCUT2D eigenvalue weighted by atomic mass is 16.5. The maximum atomic E-state index is 6.19. The Morgan fingerprint density at radius 2 is 2.12 bits per heavy atom. The van der Waals surface area contributed by atoms with E-state index in [4.69, 9.17) is 10.5 Å². The molecule has 102 valence electrons. The average Bonchev–Trinajstić information content (AvgIpc) is 2.24. The van der Waals surface area contributed by atoms with Crippen molar-refractivity contribution in [1.82, 2.24) is 4.90 Å². The number of nitrogens with zero attached hydrogens (tertiary/aromatic N) is 1. The van der Waals surface area contributed by atoms with Crippen LogP contribution in [-0.2, 0) is 4.74 Å². The topological polar surface area (TPSA) is 38.5 Å². The normalized spacial score (nSPS) is 24.9. The molecule has 0 spiro atoms. The van der Waals surface area contributed by atoms with Crippen molar-refractivity contribution in [2.75, 3.05) is 26.7 Å². The molecule has 2 atom stereocenters. The van der Waals surface area contributed by atoms with Gasteiger partial charge in [0.25, 0.3) is 0 Å². The van der Waals surface area contributed by atoms with Gasteiger partial charge in [-0.25, -0.2) is 0 Å². The van der Waals surface area contributed by atoms with Crippen LogP contribution in [0.1, 0.15) is 46.5 Å². The molecule has 1 rings (SSSR count). The van der Waals surface area contributed by atoms with E-state index in [0.717, 1.165) is 25.9 Å². The van der Waals surface area contributed by atoms with Gasteiger partial charge in [0.15, 0.2) is 0 Å². The van der Waals surface area contributed by atoms with Crippen LogP contribution in [0.4, 0.5) is 0 Å². The fraction of sp³-hybridized carbons (Fsp3) is 1.00. The van der Waals surface area contributed by atoms with E-state index in [1.807, 2.05) is 7.11 Å². The summed E-state index contributed by atoms with van der Waals surface area (Å²) in [4.78, 5) is 2.50. The second-order valence-corrected chi connectivity index (χ2v) is 6.61. The first-order chi connectivity index (χ1) is 7.90. The van der Waals surface area contributed by atoms with Crippen LogP contribution in [-0.4, -0.2) is 43.8 Å². The van der Waals surface area contributed by atoms with Crippen molar-refractivity contribution >= 4 is 0 Å². The lowest BCUT2D eigenvalue weighted by Crippen LogP contribution is -2.41. The molecule has 1 aliphatic rings. The van der Waals surface area contributed by atoms with Gasteiger partial charge in [-0.2, -0.15) is 0 Å². The lowest BCUT2D eigenvalue weighted by atomic mass is 9.87. The van der Waals surface area contributed by atoms with Crippen molar-refractivity contribution in [3.8, 4) is 0 Å². The van der Waals surface area contributed by atoms with Gasteiger partial charge in [0.1, 0.15) is 0 Å². The van der Waals surface area contributed by atoms with Crippen LogP contribution in [0.3, 0.4) is 0 Å². The fourth-order valence-corrected chi connectivity index (χ4v) is 2.65. The van der Waals surface area contributed by atoms with Crippen LogP contribution in [0.2, 0.25) is 0 Å². The van der Waals surface area contributed by atoms with Crippen molar-refractivity contribution < 1.29 is 4.74 Å². The van der Waals surface area contributed by atoms with E-state index in [1.54, 1.807) is 0 Å². The molecule has 17 heavy (non-hydrogen) atoms. The molecule has 0 aromatic carbocycles. The lowest BCUT2D eigenvalue weighted by Gasteiger charge is -2.33.